The van der Waals surface area contributed by atoms with E-state index in [0.717, 1.165) is 10.5 Å². The van der Waals surface area contributed by atoms with Crippen molar-refractivity contribution in [1.82, 2.24) is 5.32 Å². The summed E-state index contributed by atoms with van der Waals surface area (Å²) in [5.74, 6) is 0. The molecule has 0 radical (unpaired) electrons. The van der Waals surface area contributed by atoms with Crippen LogP contribution in [0.15, 0.2) is 0 Å². The first-order chi connectivity index (χ1) is 5.11. The number of hydrogen-bond acceptors (Lipinski definition) is 2. The van der Waals surface area contributed by atoms with Gasteiger partial charge in [-0.1, -0.05) is 27.7 Å². The summed E-state index contributed by atoms with van der Waals surface area (Å²) in [7, 11) is 2.05. The van der Waals surface area contributed by atoms with Crippen LogP contribution in [-0.4, -0.2) is 23.6 Å². The number of nitrogens with one attached hydrogen (secondary N) is 1. The molecule has 0 saturated carbocycles. The third-order valence-electron chi connectivity index (χ3n) is 1.86. The zero-order valence-corrected chi connectivity index (χ0v) is 9.16. The van der Waals surface area contributed by atoms with Gasteiger partial charge in [-0.25, -0.2) is 0 Å². The summed E-state index contributed by atoms with van der Waals surface area (Å²) in [4.78, 5) is 0. The van der Waals surface area contributed by atoms with Crippen LogP contribution in [0.1, 0.15) is 34.1 Å². The summed E-state index contributed by atoms with van der Waals surface area (Å²) in [5.41, 5.74) is 0. The first-order valence-corrected chi connectivity index (χ1v) is 5.38. The minimum atomic E-state index is 0.669. The Morgan fingerprint density at radius 1 is 1.27 bits per heavy atom. The molecular formula is C9H21NS. The van der Waals surface area contributed by atoms with Gasteiger partial charge in [0.1, 0.15) is 0 Å². The Morgan fingerprint density at radius 2 is 1.82 bits per heavy atom. The van der Waals surface area contributed by atoms with Crippen LogP contribution in [-0.2, 0) is 0 Å². The third kappa shape index (κ3) is 4.70. The Bertz CT molecular complexity index is 89.6. The highest BCUT2D eigenvalue weighted by molar-refractivity contribution is 8.00. The second-order valence-electron chi connectivity index (χ2n) is 3.19. The minimum Gasteiger partial charge on any atom is -0.316 e. The second-order valence-corrected chi connectivity index (χ2v) is 5.15. The lowest BCUT2D eigenvalue weighted by Gasteiger charge is -2.23. The molecule has 0 aliphatic heterocycles. The van der Waals surface area contributed by atoms with Gasteiger partial charge in [-0.05, 0) is 18.7 Å². The lowest BCUT2D eigenvalue weighted by atomic mass is 10.2. The second kappa shape index (κ2) is 5.90. The van der Waals surface area contributed by atoms with E-state index in [0.29, 0.717) is 6.04 Å². The SMILES string of the molecule is CCC(NC)C(C)SC(C)C. The molecular weight excluding hydrogens is 154 g/mol. The Kier molecular flexibility index (Phi) is 6.06. The van der Waals surface area contributed by atoms with E-state index < -0.39 is 0 Å². The molecule has 0 amide bonds. The summed E-state index contributed by atoms with van der Waals surface area (Å²) < 4.78 is 0. The molecule has 0 spiro atoms. The van der Waals surface area contributed by atoms with Crippen LogP contribution in [0.2, 0.25) is 0 Å². The summed E-state index contributed by atoms with van der Waals surface area (Å²) >= 11 is 2.05. The van der Waals surface area contributed by atoms with Crippen molar-refractivity contribution in [1.29, 1.82) is 0 Å². The lowest BCUT2D eigenvalue weighted by molar-refractivity contribution is 0.541. The Hall–Kier alpha value is 0.310. The van der Waals surface area contributed by atoms with Gasteiger partial charge >= 0.3 is 0 Å². The van der Waals surface area contributed by atoms with Gasteiger partial charge in [0.25, 0.3) is 0 Å². The average Bonchev–Trinajstić information content (AvgIpc) is 1.88. The first kappa shape index (κ1) is 11.3. The average molecular weight is 175 g/mol. The predicted molar refractivity (Wildman–Crippen MR) is 55.3 cm³/mol. The molecule has 0 heterocycles. The van der Waals surface area contributed by atoms with Gasteiger partial charge in [0.15, 0.2) is 0 Å². The highest BCUT2D eigenvalue weighted by Gasteiger charge is 2.14. The maximum Gasteiger partial charge on any atom is 0.0178 e. The van der Waals surface area contributed by atoms with Crippen molar-refractivity contribution in [2.24, 2.45) is 0 Å². The highest BCUT2D eigenvalue weighted by Crippen LogP contribution is 2.20. The quantitative estimate of drug-likeness (QED) is 0.689. The fraction of sp³-hybridized carbons (Fsp3) is 1.00. The lowest BCUT2D eigenvalue weighted by Crippen LogP contribution is -2.33. The molecule has 0 bridgehead atoms. The van der Waals surface area contributed by atoms with Crippen molar-refractivity contribution >= 4 is 11.8 Å². The maximum atomic E-state index is 3.34. The fourth-order valence-corrected chi connectivity index (χ4v) is 2.67. The molecule has 68 valence electrons. The van der Waals surface area contributed by atoms with Crippen LogP contribution in [0.5, 0.6) is 0 Å². The molecule has 11 heavy (non-hydrogen) atoms. The van der Waals surface area contributed by atoms with E-state index in [9.17, 15) is 0 Å². The molecule has 2 heteroatoms. The molecule has 0 saturated heterocycles. The van der Waals surface area contributed by atoms with Gasteiger partial charge in [0.2, 0.25) is 0 Å². The minimum absolute atomic E-state index is 0.669. The van der Waals surface area contributed by atoms with Crippen LogP contribution >= 0.6 is 11.8 Å². The molecule has 2 atom stereocenters. The van der Waals surface area contributed by atoms with Crippen LogP contribution in [0.4, 0.5) is 0 Å². The molecule has 0 aliphatic carbocycles. The van der Waals surface area contributed by atoms with Crippen molar-refractivity contribution in [3.63, 3.8) is 0 Å². The first-order valence-electron chi connectivity index (χ1n) is 4.44. The van der Waals surface area contributed by atoms with Crippen molar-refractivity contribution < 1.29 is 0 Å². The topological polar surface area (TPSA) is 12.0 Å². The van der Waals surface area contributed by atoms with Gasteiger partial charge in [-0.3, -0.25) is 0 Å². The molecule has 1 N–H and O–H groups in total. The predicted octanol–water partition coefficient (Wildman–Crippen LogP) is 2.51. The molecule has 0 aromatic carbocycles. The maximum absolute atomic E-state index is 3.34. The Labute approximate surface area is 75.3 Å². The van der Waals surface area contributed by atoms with Crippen LogP contribution in [0, 0.1) is 0 Å². The van der Waals surface area contributed by atoms with Gasteiger partial charge < -0.3 is 5.32 Å². The van der Waals surface area contributed by atoms with Gasteiger partial charge in [0, 0.05) is 11.3 Å². The Morgan fingerprint density at radius 3 is 2.09 bits per heavy atom. The van der Waals surface area contributed by atoms with E-state index in [-0.39, 0.29) is 0 Å². The highest BCUT2D eigenvalue weighted by atomic mass is 32.2. The van der Waals surface area contributed by atoms with Gasteiger partial charge in [-0.15, -0.1) is 0 Å². The third-order valence-corrected chi connectivity index (χ3v) is 3.17. The normalized spacial score (nSPS) is 16.9. The molecule has 0 fully saturated rings. The van der Waals surface area contributed by atoms with Crippen molar-refractivity contribution in [3.05, 3.63) is 0 Å². The molecule has 0 aromatic rings. The molecule has 2 unspecified atom stereocenters. The largest absolute Gasteiger partial charge is 0.316 e. The zero-order valence-electron chi connectivity index (χ0n) is 8.35. The van der Waals surface area contributed by atoms with Crippen LogP contribution < -0.4 is 5.32 Å². The number of hydrogen-bond donors (Lipinski definition) is 1. The zero-order chi connectivity index (χ0) is 8.85. The number of rotatable bonds is 5. The van der Waals surface area contributed by atoms with Gasteiger partial charge in [0.05, 0.1) is 0 Å². The summed E-state index contributed by atoms with van der Waals surface area (Å²) in [6, 6.07) is 0.669. The molecule has 0 rings (SSSR count). The van der Waals surface area contributed by atoms with Crippen molar-refractivity contribution in [3.8, 4) is 0 Å². The van der Waals surface area contributed by atoms with E-state index >= 15 is 0 Å². The smallest absolute Gasteiger partial charge is 0.0178 e. The Balaban J connectivity index is 3.68. The molecule has 0 aliphatic rings. The summed E-state index contributed by atoms with van der Waals surface area (Å²) in [6.45, 7) is 9.04. The summed E-state index contributed by atoms with van der Waals surface area (Å²) in [5, 5.41) is 4.81. The van der Waals surface area contributed by atoms with Crippen molar-refractivity contribution in [2.75, 3.05) is 7.05 Å². The van der Waals surface area contributed by atoms with Gasteiger partial charge in [-0.2, -0.15) is 11.8 Å². The fourth-order valence-electron chi connectivity index (χ4n) is 1.29. The summed E-state index contributed by atoms with van der Waals surface area (Å²) in [6.07, 6.45) is 1.22. The molecule has 0 aromatic heterocycles. The van der Waals surface area contributed by atoms with E-state index in [1.165, 1.54) is 6.42 Å². The molecule has 1 nitrogen and oxygen atoms in total. The van der Waals surface area contributed by atoms with Crippen molar-refractivity contribution in [2.45, 2.75) is 50.7 Å². The standard InChI is InChI=1S/C9H21NS/c1-6-9(10-5)8(4)11-7(2)3/h7-10H,6H2,1-5H3. The van der Waals surface area contributed by atoms with E-state index in [2.05, 4.69) is 33.0 Å². The van der Waals surface area contributed by atoms with E-state index in [1.807, 2.05) is 18.8 Å². The van der Waals surface area contributed by atoms with E-state index in [1.54, 1.807) is 0 Å². The van der Waals surface area contributed by atoms with Crippen LogP contribution in [0.3, 0.4) is 0 Å². The van der Waals surface area contributed by atoms with Crippen LogP contribution in [0.25, 0.3) is 0 Å². The van der Waals surface area contributed by atoms with E-state index in [4.69, 9.17) is 0 Å². The monoisotopic (exact) mass is 175 g/mol. The number of thioether (sulfide) groups is 1.